The molecule has 21 heavy (non-hydrogen) atoms. The molecule has 0 spiro atoms. The van der Waals surface area contributed by atoms with Crippen LogP contribution in [0.1, 0.15) is 12.5 Å². The predicted octanol–water partition coefficient (Wildman–Crippen LogP) is 4.10. The molecule has 2 aromatic rings. The molecular weight excluding hydrogens is 311 g/mol. The van der Waals surface area contributed by atoms with Gasteiger partial charge in [-0.05, 0) is 43.7 Å². The number of hydrogen-bond acceptors (Lipinski definition) is 3. The lowest BCUT2D eigenvalue weighted by molar-refractivity contribution is -0.122. The van der Waals surface area contributed by atoms with Crippen LogP contribution < -0.4 is 10.1 Å². The maximum Gasteiger partial charge on any atom is 0.266 e. The molecule has 1 heterocycles. The third kappa shape index (κ3) is 4.34. The van der Waals surface area contributed by atoms with Crippen molar-refractivity contribution in [2.24, 2.45) is 0 Å². The number of benzene rings is 1. The Morgan fingerprint density at radius 3 is 2.71 bits per heavy atom. The first-order valence-corrected chi connectivity index (χ1v) is 7.06. The Morgan fingerprint density at radius 2 is 2.05 bits per heavy atom. The van der Waals surface area contributed by atoms with Gasteiger partial charge in [0.05, 0.1) is 10.0 Å². The second-order valence-corrected chi connectivity index (χ2v) is 5.39. The van der Waals surface area contributed by atoms with Crippen LogP contribution in [0.3, 0.4) is 0 Å². The van der Waals surface area contributed by atoms with Crippen molar-refractivity contribution in [3.05, 3.63) is 52.1 Å². The van der Waals surface area contributed by atoms with E-state index in [2.05, 4.69) is 10.3 Å². The monoisotopic (exact) mass is 324 g/mol. The highest BCUT2D eigenvalue weighted by atomic mass is 35.5. The number of pyridine rings is 1. The van der Waals surface area contributed by atoms with E-state index in [0.29, 0.717) is 21.6 Å². The van der Waals surface area contributed by atoms with Crippen molar-refractivity contribution >= 4 is 34.9 Å². The van der Waals surface area contributed by atoms with E-state index < -0.39 is 6.10 Å². The number of carbonyl (C=O) groups excluding carboxylic acids is 1. The number of carbonyl (C=O) groups is 1. The van der Waals surface area contributed by atoms with Gasteiger partial charge in [-0.1, -0.05) is 29.3 Å². The van der Waals surface area contributed by atoms with Crippen LogP contribution in [-0.4, -0.2) is 17.0 Å². The zero-order chi connectivity index (χ0) is 15.4. The SMILES string of the molecule is Cc1ccc(Cl)c(O[C@@H](C)C(=O)Nc2ccc(Cl)cn2)c1. The Balaban J connectivity index is 2.02. The molecule has 6 heteroatoms. The van der Waals surface area contributed by atoms with Gasteiger partial charge >= 0.3 is 0 Å². The van der Waals surface area contributed by atoms with E-state index >= 15 is 0 Å². The van der Waals surface area contributed by atoms with E-state index in [4.69, 9.17) is 27.9 Å². The molecular formula is C15H14Cl2N2O2. The van der Waals surface area contributed by atoms with Gasteiger partial charge in [-0.15, -0.1) is 0 Å². The van der Waals surface area contributed by atoms with Crippen molar-refractivity contribution in [2.75, 3.05) is 5.32 Å². The molecule has 0 aliphatic heterocycles. The highest BCUT2D eigenvalue weighted by Crippen LogP contribution is 2.26. The van der Waals surface area contributed by atoms with E-state index in [1.807, 2.05) is 13.0 Å². The number of aromatic nitrogens is 1. The summed E-state index contributed by atoms with van der Waals surface area (Å²) in [6.45, 7) is 3.56. The Labute approximate surface area is 133 Å². The molecule has 0 unspecified atom stereocenters. The van der Waals surface area contributed by atoms with Crippen LogP contribution in [0.2, 0.25) is 10.0 Å². The molecule has 1 aromatic carbocycles. The number of rotatable bonds is 4. The summed E-state index contributed by atoms with van der Waals surface area (Å²) >= 11 is 11.8. The van der Waals surface area contributed by atoms with Crippen LogP contribution in [0.4, 0.5) is 5.82 Å². The average Bonchev–Trinajstić information content (AvgIpc) is 2.45. The average molecular weight is 325 g/mol. The largest absolute Gasteiger partial charge is 0.479 e. The summed E-state index contributed by atoms with van der Waals surface area (Å²) in [4.78, 5) is 16.0. The maximum absolute atomic E-state index is 12.0. The fourth-order valence-corrected chi connectivity index (χ4v) is 1.90. The van der Waals surface area contributed by atoms with Crippen LogP contribution in [0, 0.1) is 6.92 Å². The normalized spacial score (nSPS) is 11.8. The maximum atomic E-state index is 12.0. The zero-order valence-electron chi connectivity index (χ0n) is 11.6. The lowest BCUT2D eigenvalue weighted by atomic mass is 10.2. The molecule has 2 rings (SSSR count). The quantitative estimate of drug-likeness (QED) is 0.921. The van der Waals surface area contributed by atoms with Crippen LogP contribution in [-0.2, 0) is 4.79 Å². The molecule has 1 N–H and O–H groups in total. The molecule has 0 aliphatic carbocycles. The number of nitrogens with one attached hydrogen (secondary N) is 1. The molecule has 0 bridgehead atoms. The molecule has 1 amide bonds. The van der Waals surface area contributed by atoms with Gasteiger partial charge in [0, 0.05) is 6.20 Å². The molecule has 4 nitrogen and oxygen atoms in total. The molecule has 1 aromatic heterocycles. The number of halogens is 2. The Bertz CT molecular complexity index is 645. The van der Waals surface area contributed by atoms with Crippen LogP contribution in [0.15, 0.2) is 36.5 Å². The van der Waals surface area contributed by atoms with Gasteiger partial charge in [-0.2, -0.15) is 0 Å². The van der Waals surface area contributed by atoms with Gasteiger partial charge in [0.25, 0.3) is 5.91 Å². The van der Waals surface area contributed by atoms with Crippen molar-refractivity contribution in [1.82, 2.24) is 4.98 Å². The summed E-state index contributed by atoms with van der Waals surface area (Å²) in [6.07, 6.45) is 0.752. The number of amides is 1. The van der Waals surface area contributed by atoms with Gasteiger partial charge in [0.15, 0.2) is 6.10 Å². The van der Waals surface area contributed by atoms with E-state index in [-0.39, 0.29) is 5.91 Å². The number of anilines is 1. The first kappa shape index (κ1) is 15.6. The number of aryl methyl sites for hydroxylation is 1. The van der Waals surface area contributed by atoms with Crippen molar-refractivity contribution in [3.63, 3.8) is 0 Å². The second-order valence-electron chi connectivity index (χ2n) is 4.54. The summed E-state index contributed by atoms with van der Waals surface area (Å²) in [5, 5.41) is 3.61. The molecule has 1 atom stereocenters. The van der Waals surface area contributed by atoms with Crippen LogP contribution in [0.25, 0.3) is 0 Å². The van der Waals surface area contributed by atoms with Crippen LogP contribution >= 0.6 is 23.2 Å². The summed E-state index contributed by atoms with van der Waals surface area (Å²) in [5.41, 5.74) is 1.00. The Hall–Kier alpha value is -1.78. The van der Waals surface area contributed by atoms with Crippen molar-refractivity contribution < 1.29 is 9.53 Å². The fraction of sp³-hybridized carbons (Fsp3) is 0.200. The predicted molar refractivity (Wildman–Crippen MR) is 84.2 cm³/mol. The Kier molecular flexibility index (Phi) is 5.04. The summed E-state index contributed by atoms with van der Waals surface area (Å²) < 4.78 is 5.59. The minimum Gasteiger partial charge on any atom is -0.479 e. The van der Waals surface area contributed by atoms with Gasteiger partial charge in [0.1, 0.15) is 11.6 Å². The lowest BCUT2D eigenvalue weighted by Crippen LogP contribution is -2.30. The topological polar surface area (TPSA) is 51.2 Å². The minimum atomic E-state index is -0.707. The first-order valence-electron chi connectivity index (χ1n) is 6.31. The third-order valence-electron chi connectivity index (χ3n) is 2.74. The van der Waals surface area contributed by atoms with Gasteiger partial charge in [-0.3, -0.25) is 4.79 Å². The van der Waals surface area contributed by atoms with Crippen molar-refractivity contribution in [2.45, 2.75) is 20.0 Å². The van der Waals surface area contributed by atoms with Crippen LogP contribution in [0.5, 0.6) is 5.75 Å². The number of hydrogen-bond donors (Lipinski definition) is 1. The third-order valence-corrected chi connectivity index (χ3v) is 3.27. The van der Waals surface area contributed by atoms with Gasteiger partial charge in [-0.25, -0.2) is 4.98 Å². The standard InChI is InChI=1S/C15H14Cl2N2O2/c1-9-3-5-12(17)13(7-9)21-10(2)15(20)19-14-6-4-11(16)8-18-14/h3-8,10H,1-2H3,(H,18,19,20)/t10-/m0/s1. The van der Waals surface area contributed by atoms with E-state index in [0.717, 1.165) is 5.56 Å². The summed E-state index contributed by atoms with van der Waals surface area (Å²) in [5.74, 6) is 0.570. The number of ether oxygens (including phenoxy) is 1. The first-order chi connectivity index (χ1) is 9.95. The van der Waals surface area contributed by atoms with E-state index in [1.165, 1.54) is 6.20 Å². The lowest BCUT2D eigenvalue weighted by Gasteiger charge is -2.15. The minimum absolute atomic E-state index is 0.317. The molecule has 0 saturated carbocycles. The van der Waals surface area contributed by atoms with E-state index in [9.17, 15) is 4.79 Å². The smallest absolute Gasteiger partial charge is 0.266 e. The van der Waals surface area contributed by atoms with E-state index in [1.54, 1.807) is 31.2 Å². The second kappa shape index (κ2) is 6.78. The summed E-state index contributed by atoms with van der Waals surface area (Å²) in [7, 11) is 0. The molecule has 0 saturated heterocycles. The van der Waals surface area contributed by atoms with Gasteiger partial charge < -0.3 is 10.1 Å². The summed E-state index contributed by atoms with van der Waals surface area (Å²) in [6, 6.07) is 8.65. The molecule has 110 valence electrons. The molecule has 0 aliphatic rings. The molecule has 0 radical (unpaired) electrons. The zero-order valence-corrected chi connectivity index (χ0v) is 13.1. The van der Waals surface area contributed by atoms with Crippen molar-refractivity contribution in [3.8, 4) is 5.75 Å². The Morgan fingerprint density at radius 1 is 1.29 bits per heavy atom. The van der Waals surface area contributed by atoms with Gasteiger partial charge in [0.2, 0.25) is 0 Å². The highest BCUT2D eigenvalue weighted by molar-refractivity contribution is 6.32. The fourth-order valence-electron chi connectivity index (χ4n) is 1.62. The number of nitrogens with zero attached hydrogens (tertiary/aromatic N) is 1. The molecule has 0 fully saturated rings. The van der Waals surface area contributed by atoms with Crippen molar-refractivity contribution in [1.29, 1.82) is 0 Å². The highest BCUT2D eigenvalue weighted by Gasteiger charge is 2.16.